The topological polar surface area (TPSA) is 63.7 Å². The third kappa shape index (κ3) is 7.83. The molecule has 0 N–H and O–H groups in total. The van der Waals surface area contributed by atoms with E-state index in [4.69, 9.17) is 0 Å². The van der Waals surface area contributed by atoms with Crippen LogP contribution in [0.4, 0.5) is 11.4 Å². The molecular formula is C27H32N2Na2O3S. The van der Waals surface area contributed by atoms with E-state index in [1.165, 1.54) is 12.1 Å². The molecule has 0 spiro atoms. The van der Waals surface area contributed by atoms with Crippen LogP contribution in [0.1, 0.15) is 50.3 Å². The van der Waals surface area contributed by atoms with E-state index in [0.717, 1.165) is 48.7 Å². The van der Waals surface area contributed by atoms with Crippen molar-refractivity contribution in [3.63, 3.8) is 0 Å². The summed E-state index contributed by atoms with van der Waals surface area (Å²) in [6.45, 7) is 12.1. The van der Waals surface area contributed by atoms with Crippen LogP contribution in [0.2, 0.25) is 0 Å². The van der Waals surface area contributed by atoms with Crippen molar-refractivity contribution in [1.82, 2.24) is 0 Å². The summed E-state index contributed by atoms with van der Waals surface area (Å²) >= 11 is 0. The molecule has 0 fully saturated rings. The zero-order chi connectivity index (χ0) is 24.0. The maximum Gasteiger partial charge on any atom is 1.00 e. The number of hydrogen-bond acceptors (Lipinski definition) is 5. The molecule has 5 nitrogen and oxygen atoms in total. The average molecular weight is 511 g/mol. The predicted octanol–water partition coefficient (Wildman–Crippen LogP) is -0.729. The normalized spacial score (nSPS) is 10.9. The van der Waals surface area contributed by atoms with Gasteiger partial charge in [0.1, 0.15) is 10.1 Å². The van der Waals surface area contributed by atoms with Crippen LogP contribution >= 0.6 is 0 Å². The monoisotopic (exact) mass is 510 g/mol. The zero-order valence-electron chi connectivity index (χ0n) is 21.8. The van der Waals surface area contributed by atoms with Crippen LogP contribution in [0.15, 0.2) is 71.6 Å². The molecule has 0 amide bonds. The van der Waals surface area contributed by atoms with E-state index in [-0.39, 0.29) is 64.0 Å². The molecule has 0 unspecified atom stereocenters. The fourth-order valence-corrected chi connectivity index (χ4v) is 5.07. The van der Waals surface area contributed by atoms with E-state index in [1.54, 1.807) is 6.07 Å². The molecular weight excluding hydrogens is 478 g/mol. The first-order chi connectivity index (χ1) is 15.8. The zero-order valence-corrected chi connectivity index (χ0v) is 26.6. The standard InChI is InChI=1S/C27H33N2O3S.2Na/c1-5-28(6-2)23-17-13-21(14-18-23)27(25-11-9-10-12-26(25)33(30,31)32)22-15-19-24(20-16-22)29(7-3)8-4;;/h10-20,27H,5-8H2,1-4H3,(H,30,31,32);;/q-1;2*+1/p-1. The third-order valence-corrected chi connectivity index (χ3v) is 7.06. The van der Waals surface area contributed by atoms with Crippen LogP contribution in [0.3, 0.4) is 0 Å². The summed E-state index contributed by atoms with van der Waals surface area (Å²) in [6.07, 6.45) is 0. The van der Waals surface area contributed by atoms with E-state index in [2.05, 4.69) is 67.8 Å². The van der Waals surface area contributed by atoms with E-state index in [0.29, 0.717) is 5.56 Å². The second-order valence-electron chi connectivity index (χ2n) is 7.88. The first-order valence-corrected chi connectivity index (χ1v) is 12.9. The minimum absolute atomic E-state index is 0. The second kappa shape index (κ2) is 14.8. The molecule has 0 radical (unpaired) electrons. The minimum atomic E-state index is -4.64. The molecule has 3 aromatic carbocycles. The van der Waals surface area contributed by atoms with Crippen molar-refractivity contribution in [1.29, 1.82) is 0 Å². The van der Waals surface area contributed by atoms with Crippen molar-refractivity contribution < 1.29 is 72.1 Å². The number of hydrogen-bond donors (Lipinski definition) is 0. The molecule has 3 rings (SSSR count). The van der Waals surface area contributed by atoms with Gasteiger partial charge in [-0.15, -0.1) is 5.56 Å². The van der Waals surface area contributed by atoms with Gasteiger partial charge in [-0.3, -0.25) is 0 Å². The fourth-order valence-electron chi connectivity index (χ4n) is 4.37. The summed E-state index contributed by atoms with van der Waals surface area (Å²) in [7, 11) is -4.64. The Morgan fingerprint density at radius 2 is 1.14 bits per heavy atom. The third-order valence-electron chi connectivity index (χ3n) is 6.14. The van der Waals surface area contributed by atoms with E-state index in [1.807, 2.05) is 24.3 Å². The first-order valence-electron chi connectivity index (χ1n) is 11.5. The Balaban J connectivity index is 0.00000306. The van der Waals surface area contributed by atoms with Gasteiger partial charge in [0.05, 0.1) is 0 Å². The van der Waals surface area contributed by atoms with Crippen LogP contribution in [0, 0.1) is 6.07 Å². The van der Waals surface area contributed by atoms with Crippen molar-refractivity contribution in [2.24, 2.45) is 0 Å². The van der Waals surface area contributed by atoms with Crippen LogP contribution in [0.25, 0.3) is 0 Å². The molecule has 0 aliphatic rings. The summed E-state index contributed by atoms with van der Waals surface area (Å²) in [5.41, 5.74) is 4.50. The van der Waals surface area contributed by atoms with Gasteiger partial charge in [-0.25, -0.2) is 8.42 Å². The molecule has 0 heterocycles. The molecule has 0 saturated carbocycles. The molecule has 0 aromatic heterocycles. The number of rotatable bonds is 10. The molecule has 176 valence electrons. The molecule has 0 aliphatic heterocycles. The van der Waals surface area contributed by atoms with Crippen molar-refractivity contribution in [2.45, 2.75) is 38.5 Å². The van der Waals surface area contributed by atoms with Gasteiger partial charge in [0.2, 0.25) is 0 Å². The molecule has 3 aromatic rings. The van der Waals surface area contributed by atoms with Crippen molar-refractivity contribution in [3.05, 3.63) is 89.5 Å². The Morgan fingerprint density at radius 3 is 1.49 bits per heavy atom. The summed E-state index contributed by atoms with van der Waals surface area (Å²) in [6, 6.07) is 23.7. The number of benzene rings is 3. The van der Waals surface area contributed by atoms with Gasteiger partial charge in [-0.2, -0.15) is 24.3 Å². The Bertz CT molecular complexity index is 1090. The average Bonchev–Trinajstić information content (AvgIpc) is 2.82. The largest absolute Gasteiger partial charge is 1.00 e. The quantitative estimate of drug-likeness (QED) is 0.156. The predicted molar refractivity (Wildman–Crippen MR) is 134 cm³/mol. The van der Waals surface area contributed by atoms with Gasteiger partial charge in [-0.1, -0.05) is 29.2 Å². The van der Waals surface area contributed by atoms with Crippen LogP contribution in [-0.4, -0.2) is 39.1 Å². The number of anilines is 2. The maximum absolute atomic E-state index is 12.1. The maximum atomic E-state index is 12.1. The van der Waals surface area contributed by atoms with Gasteiger partial charge in [-0.05, 0) is 69.0 Å². The summed E-state index contributed by atoms with van der Waals surface area (Å²) in [5, 5.41) is 0. The van der Waals surface area contributed by atoms with E-state index >= 15 is 0 Å². The van der Waals surface area contributed by atoms with Gasteiger partial charge in [0.25, 0.3) is 0 Å². The Labute approximate surface area is 255 Å². The fraction of sp³-hybridized carbons (Fsp3) is 0.333. The van der Waals surface area contributed by atoms with Gasteiger partial charge in [0, 0.05) is 37.6 Å². The Morgan fingerprint density at radius 1 is 0.743 bits per heavy atom. The van der Waals surface area contributed by atoms with Crippen LogP contribution < -0.4 is 68.9 Å². The van der Waals surface area contributed by atoms with Gasteiger partial charge < -0.3 is 14.4 Å². The van der Waals surface area contributed by atoms with Gasteiger partial charge in [0.15, 0.2) is 0 Å². The van der Waals surface area contributed by atoms with Crippen molar-refractivity contribution in [3.8, 4) is 0 Å². The summed E-state index contributed by atoms with van der Waals surface area (Å²) < 4.78 is 36.2. The SMILES string of the molecule is CCN(CC)c1ccc(C(c2ccc(N(CC)CC)cc2)c2c[c-]ccc2S(=O)(=O)[O-])cc1.[Na+].[Na+]. The molecule has 8 heteroatoms. The molecule has 0 saturated heterocycles. The summed E-state index contributed by atoms with van der Waals surface area (Å²) in [5.74, 6) is -0.405. The van der Waals surface area contributed by atoms with Gasteiger partial charge >= 0.3 is 59.1 Å². The van der Waals surface area contributed by atoms with Crippen LogP contribution in [-0.2, 0) is 10.1 Å². The molecule has 0 bridgehead atoms. The van der Waals surface area contributed by atoms with Crippen molar-refractivity contribution in [2.75, 3.05) is 36.0 Å². The molecule has 0 atom stereocenters. The van der Waals surface area contributed by atoms with E-state index in [9.17, 15) is 13.0 Å². The molecule has 35 heavy (non-hydrogen) atoms. The minimum Gasteiger partial charge on any atom is -0.746 e. The van der Waals surface area contributed by atoms with Crippen molar-refractivity contribution >= 4 is 21.5 Å². The first kappa shape index (κ1) is 32.2. The Hall–Kier alpha value is -0.830. The number of nitrogens with zero attached hydrogens (tertiary/aromatic N) is 2. The molecule has 0 aliphatic carbocycles. The smallest absolute Gasteiger partial charge is 0.746 e. The van der Waals surface area contributed by atoms with E-state index < -0.39 is 16.0 Å². The van der Waals surface area contributed by atoms with Crippen LogP contribution in [0.5, 0.6) is 0 Å². The second-order valence-corrected chi connectivity index (χ2v) is 9.23. The Kier molecular flexibility index (Phi) is 13.6. The summed E-state index contributed by atoms with van der Waals surface area (Å²) in [4.78, 5) is 4.30.